The highest BCUT2D eigenvalue weighted by Crippen LogP contribution is 2.34. The van der Waals surface area contributed by atoms with Gasteiger partial charge in [-0.1, -0.05) is 6.92 Å². The van der Waals surface area contributed by atoms with Crippen molar-refractivity contribution in [1.82, 2.24) is 4.31 Å². The van der Waals surface area contributed by atoms with Crippen molar-refractivity contribution in [2.75, 3.05) is 12.0 Å². The first-order valence-electron chi connectivity index (χ1n) is 6.29. The number of amides is 1. The Balaban J connectivity index is 2.56. The molecule has 0 bridgehead atoms. The van der Waals surface area contributed by atoms with Gasteiger partial charge in [-0.3, -0.25) is 4.79 Å². The van der Waals surface area contributed by atoms with Gasteiger partial charge in [0.15, 0.2) is 0 Å². The third-order valence-corrected chi connectivity index (χ3v) is 5.95. The molecule has 6 nitrogen and oxygen atoms in total. The van der Waals surface area contributed by atoms with Crippen LogP contribution in [0.25, 0.3) is 0 Å². The van der Waals surface area contributed by atoms with Crippen LogP contribution >= 0.6 is 11.8 Å². The van der Waals surface area contributed by atoms with Crippen LogP contribution in [0.3, 0.4) is 0 Å². The Morgan fingerprint density at radius 3 is 2.62 bits per heavy atom. The van der Waals surface area contributed by atoms with E-state index in [1.54, 1.807) is 0 Å². The second kappa shape index (κ2) is 5.69. The Bertz CT molecular complexity index is 699. The van der Waals surface area contributed by atoms with Crippen LogP contribution in [0.4, 0.5) is 0 Å². The van der Waals surface area contributed by atoms with Crippen molar-refractivity contribution in [2.45, 2.75) is 24.3 Å². The summed E-state index contributed by atoms with van der Waals surface area (Å²) in [5.41, 5.74) is -0.107. The largest absolute Gasteiger partial charge is 0.478 e. The SMILES string of the molecule is CCC(CSC)N1C(=O)c2ccc(C(=O)O)cc2S1(=O)=O. The summed E-state index contributed by atoms with van der Waals surface area (Å²) in [4.78, 5) is 23.1. The van der Waals surface area contributed by atoms with Crippen LogP contribution in [0.5, 0.6) is 0 Å². The molecular weight excluding hydrogens is 314 g/mol. The summed E-state index contributed by atoms with van der Waals surface area (Å²) in [5.74, 6) is -1.31. The van der Waals surface area contributed by atoms with Crippen LogP contribution in [-0.4, -0.2) is 47.8 Å². The van der Waals surface area contributed by atoms with Crippen LogP contribution in [0.15, 0.2) is 23.1 Å². The number of nitrogens with zero attached hydrogens (tertiary/aromatic N) is 1. The van der Waals surface area contributed by atoms with Crippen molar-refractivity contribution >= 4 is 33.7 Å². The van der Waals surface area contributed by atoms with E-state index in [-0.39, 0.29) is 16.0 Å². The summed E-state index contributed by atoms with van der Waals surface area (Å²) >= 11 is 1.46. The Labute approximate surface area is 127 Å². The number of hydrogen-bond donors (Lipinski definition) is 1. The van der Waals surface area contributed by atoms with Crippen molar-refractivity contribution in [3.05, 3.63) is 29.3 Å². The van der Waals surface area contributed by atoms with Gasteiger partial charge in [0.25, 0.3) is 15.9 Å². The lowest BCUT2D eigenvalue weighted by Gasteiger charge is -2.24. The summed E-state index contributed by atoms with van der Waals surface area (Å²) in [5, 5.41) is 8.96. The summed E-state index contributed by atoms with van der Waals surface area (Å²) in [7, 11) is -3.98. The molecule has 1 unspecified atom stereocenters. The maximum atomic E-state index is 12.5. The fraction of sp³-hybridized carbons (Fsp3) is 0.385. The van der Waals surface area contributed by atoms with E-state index in [1.165, 1.54) is 23.9 Å². The summed E-state index contributed by atoms with van der Waals surface area (Å²) in [6.45, 7) is 1.81. The van der Waals surface area contributed by atoms with E-state index in [0.717, 1.165) is 10.4 Å². The van der Waals surface area contributed by atoms with Crippen molar-refractivity contribution in [2.24, 2.45) is 0 Å². The molecule has 1 aromatic rings. The second-order valence-corrected chi connectivity index (χ2v) is 7.33. The van der Waals surface area contributed by atoms with Crippen molar-refractivity contribution in [1.29, 1.82) is 0 Å². The first-order chi connectivity index (χ1) is 9.84. The molecule has 0 radical (unpaired) electrons. The molecule has 1 heterocycles. The number of sulfonamides is 1. The van der Waals surface area contributed by atoms with Crippen molar-refractivity contribution < 1.29 is 23.1 Å². The average molecular weight is 329 g/mol. The Hall–Kier alpha value is -1.54. The number of benzene rings is 1. The monoisotopic (exact) mass is 329 g/mol. The van der Waals surface area contributed by atoms with Crippen LogP contribution in [0.2, 0.25) is 0 Å². The summed E-state index contributed by atoms with van der Waals surface area (Å²) < 4.78 is 26.0. The summed E-state index contributed by atoms with van der Waals surface area (Å²) in [6, 6.07) is 3.13. The van der Waals surface area contributed by atoms with Crippen LogP contribution in [0.1, 0.15) is 34.1 Å². The highest BCUT2D eigenvalue weighted by Gasteiger charge is 2.44. The van der Waals surface area contributed by atoms with Crippen LogP contribution in [0, 0.1) is 0 Å². The van der Waals surface area contributed by atoms with E-state index < -0.39 is 27.9 Å². The van der Waals surface area contributed by atoms with Gasteiger partial charge < -0.3 is 5.11 Å². The molecule has 0 aliphatic carbocycles. The molecule has 8 heteroatoms. The first kappa shape index (κ1) is 15.8. The molecule has 1 aliphatic heterocycles. The normalized spacial score (nSPS) is 17.6. The zero-order valence-electron chi connectivity index (χ0n) is 11.6. The topological polar surface area (TPSA) is 91.8 Å². The van der Waals surface area contributed by atoms with E-state index in [4.69, 9.17) is 5.11 Å². The third kappa shape index (κ3) is 2.53. The predicted octanol–water partition coefficient (Wildman–Crippen LogP) is 1.67. The highest BCUT2D eigenvalue weighted by atomic mass is 32.2. The molecule has 1 amide bonds. The van der Waals surface area contributed by atoms with Crippen LogP contribution in [-0.2, 0) is 10.0 Å². The van der Waals surface area contributed by atoms with Gasteiger partial charge in [0.2, 0.25) is 0 Å². The maximum absolute atomic E-state index is 12.5. The van der Waals surface area contributed by atoms with E-state index in [2.05, 4.69) is 0 Å². The Morgan fingerprint density at radius 2 is 2.10 bits per heavy atom. The lowest BCUT2D eigenvalue weighted by Crippen LogP contribution is -2.41. The molecule has 0 aromatic heterocycles. The second-order valence-electron chi connectivity index (χ2n) is 4.64. The first-order valence-corrected chi connectivity index (χ1v) is 9.13. The lowest BCUT2D eigenvalue weighted by molar-refractivity contribution is 0.0695. The summed E-state index contributed by atoms with van der Waals surface area (Å²) in [6.07, 6.45) is 2.34. The number of carbonyl (C=O) groups is 2. The molecule has 0 saturated heterocycles. The van der Waals surface area contributed by atoms with Gasteiger partial charge in [-0.25, -0.2) is 17.5 Å². The van der Waals surface area contributed by atoms with E-state index >= 15 is 0 Å². The number of carboxylic acid groups (broad SMARTS) is 1. The van der Waals surface area contributed by atoms with Gasteiger partial charge in [0.05, 0.1) is 17.2 Å². The standard InChI is InChI=1S/C13H15NO5S2/c1-3-9(7-20-2)14-12(15)10-5-4-8(13(16)17)6-11(10)21(14,18)19/h4-6,9H,3,7H2,1-2H3,(H,16,17). The molecule has 114 valence electrons. The van der Waals surface area contributed by atoms with Gasteiger partial charge in [-0.2, -0.15) is 11.8 Å². The number of hydrogen-bond acceptors (Lipinski definition) is 5. The molecule has 0 spiro atoms. The Kier molecular flexibility index (Phi) is 4.29. The van der Waals surface area contributed by atoms with E-state index in [1.807, 2.05) is 13.2 Å². The molecule has 0 saturated carbocycles. The Morgan fingerprint density at radius 1 is 1.43 bits per heavy atom. The number of carboxylic acids is 1. The predicted molar refractivity (Wildman–Crippen MR) is 79.2 cm³/mol. The molecule has 1 aromatic carbocycles. The van der Waals surface area contributed by atoms with E-state index in [9.17, 15) is 18.0 Å². The smallest absolute Gasteiger partial charge is 0.335 e. The van der Waals surface area contributed by atoms with Crippen molar-refractivity contribution in [3.63, 3.8) is 0 Å². The minimum Gasteiger partial charge on any atom is -0.478 e. The maximum Gasteiger partial charge on any atom is 0.335 e. The molecule has 21 heavy (non-hydrogen) atoms. The fourth-order valence-corrected chi connectivity index (χ4v) is 5.00. The minimum absolute atomic E-state index is 0.0413. The molecule has 1 N–H and O–H groups in total. The molecule has 2 rings (SSSR count). The third-order valence-electron chi connectivity index (χ3n) is 3.36. The van der Waals surface area contributed by atoms with Gasteiger partial charge in [-0.05, 0) is 30.9 Å². The van der Waals surface area contributed by atoms with Gasteiger partial charge in [0.1, 0.15) is 4.90 Å². The quantitative estimate of drug-likeness (QED) is 0.883. The average Bonchev–Trinajstić information content (AvgIpc) is 2.64. The van der Waals surface area contributed by atoms with Crippen LogP contribution < -0.4 is 0 Å². The van der Waals surface area contributed by atoms with Gasteiger partial charge in [-0.15, -0.1) is 0 Å². The lowest BCUT2D eigenvalue weighted by atomic mass is 10.1. The highest BCUT2D eigenvalue weighted by molar-refractivity contribution is 7.98. The zero-order valence-corrected chi connectivity index (χ0v) is 13.2. The number of fused-ring (bicyclic) bond motifs is 1. The minimum atomic E-state index is -3.98. The fourth-order valence-electron chi connectivity index (χ4n) is 2.29. The molecular formula is C13H15NO5S2. The number of carbonyl (C=O) groups excluding carboxylic acids is 1. The molecule has 0 fully saturated rings. The molecule has 1 aliphatic rings. The number of rotatable bonds is 5. The van der Waals surface area contributed by atoms with Crippen molar-refractivity contribution in [3.8, 4) is 0 Å². The zero-order chi connectivity index (χ0) is 15.8. The molecule has 1 atom stereocenters. The van der Waals surface area contributed by atoms with Gasteiger partial charge in [0, 0.05) is 5.75 Å². The number of aromatic carboxylic acids is 1. The number of thioether (sulfide) groups is 1. The van der Waals surface area contributed by atoms with Gasteiger partial charge >= 0.3 is 5.97 Å². The van der Waals surface area contributed by atoms with E-state index in [0.29, 0.717) is 12.2 Å².